The van der Waals surface area contributed by atoms with Gasteiger partial charge in [-0.2, -0.15) is 0 Å². The second-order valence-electron chi connectivity index (χ2n) is 12.9. The van der Waals surface area contributed by atoms with E-state index >= 15 is 0 Å². The van der Waals surface area contributed by atoms with Crippen LogP contribution in [0.25, 0.3) is 94.1 Å². The van der Waals surface area contributed by atoms with E-state index in [0.717, 1.165) is 61.6 Å². The van der Waals surface area contributed by atoms with E-state index in [0.29, 0.717) is 0 Å². The fourth-order valence-electron chi connectivity index (χ4n) is 7.88. The molecule has 11 aromatic rings. The van der Waals surface area contributed by atoms with Crippen LogP contribution >= 0.6 is 0 Å². The molecule has 0 amide bonds. The minimum atomic E-state index is 0.851. The van der Waals surface area contributed by atoms with E-state index in [1.165, 1.54) is 32.6 Å². The van der Waals surface area contributed by atoms with Gasteiger partial charge in [-0.05, 0) is 72.8 Å². The predicted molar refractivity (Wildman–Crippen MR) is 205 cm³/mol. The molecule has 11 rings (SSSR count). The number of hydrogen-bond donors (Lipinski definition) is 0. The lowest BCUT2D eigenvalue weighted by Gasteiger charge is -2.08. The minimum Gasteiger partial charge on any atom is -0.456 e. The van der Waals surface area contributed by atoms with Crippen LogP contribution in [0.15, 0.2) is 174 Å². The first kappa shape index (κ1) is 27.1. The van der Waals surface area contributed by atoms with Gasteiger partial charge in [-0.1, -0.05) is 91.0 Å². The average Bonchev–Trinajstić information content (AvgIpc) is 3.94. The number of furan rings is 1. The van der Waals surface area contributed by atoms with Gasteiger partial charge in [0.25, 0.3) is 0 Å². The molecule has 234 valence electrons. The zero-order chi connectivity index (χ0) is 32.8. The Morgan fingerprint density at radius 1 is 0.400 bits per heavy atom. The molecule has 50 heavy (non-hydrogen) atoms. The summed E-state index contributed by atoms with van der Waals surface area (Å²) in [6, 6.07) is 57.8. The van der Waals surface area contributed by atoms with Crippen LogP contribution in [0.1, 0.15) is 0 Å². The lowest BCUT2D eigenvalue weighted by molar-refractivity contribution is 0.669. The topological polar surface area (TPSA) is 40.8 Å². The second kappa shape index (κ2) is 10.3. The van der Waals surface area contributed by atoms with E-state index in [-0.39, 0.29) is 0 Å². The van der Waals surface area contributed by atoms with E-state index in [2.05, 4.69) is 178 Å². The first-order valence-electron chi connectivity index (χ1n) is 16.9. The van der Waals surface area contributed by atoms with Gasteiger partial charge < -0.3 is 8.98 Å². The van der Waals surface area contributed by atoms with Crippen molar-refractivity contribution < 1.29 is 4.42 Å². The van der Waals surface area contributed by atoms with Crippen molar-refractivity contribution in [1.82, 2.24) is 18.7 Å². The van der Waals surface area contributed by atoms with E-state index in [9.17, 15) is 0 Å². The molecule has 0 unspecified atom stereocenters. The molecule has 0 saturated carbocycles. The first-order chi connectivity index (χ1) is 24.8. The number of nitrogens with zero attached hydrogens (tertiary/aromatic N) is 4. The molecule has 4 heterocycles. The smallest absolute Gasteiger partial charge is 0.156 e. The molecule has 4 aromatic heterocycles. The van der Waals surface area contributed by atoms with Crippen LogP contribution in [0.4, 0.5) is 0 Å². The monoisotopic (exact) mass is 640 g/mol. The van der Waals surface area contributed by atoms with Gasteiger partial charge in [0.2, 0.25) is 0 Å². The van der Waals surface area contributed by atoms with E-state index in [1.54, 1.807) is 0 Å². The van der Waals surface area contributed by atoms with Gasteiger partial charge in [-0.15, -0.1) is 0 Å². The minimum absolute atomic E-state index is 0.851. The molecule has 0 aliphatic rings. The molecule has 0 aliphatic carbocycles. The number of hydrogen-bond acceptors (Lipinski definition) is 2. The maximum absolute atomic E-state index is 6.43. The molecular weight excluding hydrogens is 613 g/mol. The number of rotatable bonds is 4. The molecule has 0 aliphatic heterocycles. The second-order valence-corrected chi connectivity index (χ2v) is 12.9. The highest BCUT2D eigenvalue weighted by Gasteiger charge is 2.20. The molecule has 5 nitrogen and oxygen atoms in total. The Kier molecular flexibility index (Phi) is 5.60. The molecule has 0 spiro atoms. The quantitative estimate of drug-likeness (QED) is 0.192. The Labute approximate surface area is 286 Å². The molecule has 0 atom stereocenters. The largest absolute Gasteiger partial charge is 0.456 e. The van der Waals surface area contributed by atoms with E-state index in [4.69, 9.17) is 9.40 Å². The summed E-state index contributed by atoms with van der Waals surface area (Å²) in [6.07, 6.45) is 2.15. The van der Waals surface area contributed by atoms with Crippen LogP contribution in [0.2, 0.25) is 0 Å². The molecule has 0 radical (unpaired) electrons. The van der Waals surface area contributed by atoms with Crippen LogP contribution in [0.3, 0.4) is 0 Å². The van der Waals surface area contributed by atoms with Crippen LogP contribution in [0.5, 0.6) is 0 Å². The fraction of sp³-hybridized carbons (Fsp3) is 0. The SMILES string of the molecule is c1ccc(-n2cc(-n3c4ccccc4c4ccccc43)nc2-c2ccc3oc4ccc(-n5c6ccccc6c6ccccc65)cc4c3c2)cc1. The lowest BCUT2D eigenvalue weighted by Crippen LogP contribution is -1.95. The van der Waals surface area contributed by atoms with Gasteiger partial charge in [-0.3, -0.25) is 9.13 Å². The Morgan fingerprint density at radius 3 is 1.50 bits per heavy atom. The number of imidazole rings is 1. The van der Waals surface area contributed by atoms with Crippen LogP contribution in [-0.2, 0) is 0 Å². The highest BCUT2D eigenvalue weighted by molar-refractivity contribution is 6.11. The predicted octanol–water partition coefficient (Wildman–Crippen LogP) is 11.6. The van der Waals surface area contributed by atoms with Crippen LogP contribution < -0.4 is 0 Å². The number of fused-ring (bicyclic) bond motifs is 9. The molecule has 0 N–H and O–H groups in total. The highest BCUT2D eigenvalue weighted by Crippen LogP contribution is 2.38. The van der Waals surface area contributed by atoms with Crippen LogP contribution in [0, 0.1) is 0 Å². The standard InChI is InChI=1S/C45H28N4O/c1-2-12-30(13-3-1)47-28-44(49-40-20-10-6-16-34(40)35-17-7-11-21-41(35)49)46-45(47)29-22-24-42-36(26-29)37-27-31(23-25-43(37)50-42)48-38-18-8-4-14-32(38)33-15-5-9-19-39(33)48/h1-28H. The summed E-state index contributed by atoms with van der Waals surface area (Å²) in [4.78, 5) is 5.39. The van der Waals surface area contributed by atoms with Gasteiger partial charge in [0.1, 0.15) is 17.0 Å². The molecule has 0 fully saturated rings. The average molecular weight is 641 g/mol. The van der Waals surface area contributed by atoms with Crippen molar-refractivity contribution in [3.63, 3.8) is 0 Å². The van der Waals surface area contributed by atoms with Crippen molar-refractivity contribution in [3.8, 4) is 28.6 Å². The van der Waals surface area contributed by atoms with E-state index < -0.39 is 0 Å². The summed E-state index contributed by atoms with van der Waals surface area (Å²) in [7, 11) is 0. The zero-order valence-corrected chi connectivity index (χ0v) is 26.9. The molecular formula is C45H28N4O. The van der Waals surface area contributed by atoms with Crippen molar-refractivity contribution in [3.05, 3.63) is 170 Å². The molecule has 5 heteroatoms. The zero-order valence-electron chi connectivity index (χ0n) is 26.9. The van der Waals surface area contributed by atoms with Crippen molar-refractivity contribution in [2.45, 2.75) is 0 Å². The highest BCUT2D eigenvalue weighted by atomic mass is 16.3. The Bertz CT molecular complexity index is 2990. The maximum atomic E-state index is 6.43. The van der Waals surface area contributed by atoms with Crippen LogP contribution in [-0.4, -0.2) is 18.7 Å². The van der Waals surface area contributed by atoms with Crippen molar-refractivity contribution in [1.29, 1.82) is 0 Å². The van der Waals surface area contributed by atoms with Gasteiger partial charge in [0.05, 0.1) is 28.3 Å². The summed E-state index contributed by atoms with van der Waals surface area (Å²) in [6.45, 7) is 0. The molecule has 0 bridgehead atoms. The van der Waals surface area contributed by atoms with E-state index in [1.807, 2.05) is 6.07 Å². The normalized spacial score (nSPS) is 12.0. The fourth-order valence-corrected chi connectivity index (χ4v) is 7.88. The third kappa shape index (κ3) is 3.86. The number of aromatic nitrogens is 4. The summed E-state index contributed by atoms with van der Waals surface area (Å²) >= 11 is 0. The summed E-state index contributed by atoms with van der Waals surface area (Å²) in [5.74, 6) is 1.73. The number of para-hydroxylation sites is 5. The maximum Gasteiger partial charge on any atom is 0.156 e. The van der Waals surface area contributed by atoms with Gasteiger partial charge in [-0.25, -0.2) is 4.98 Å². The van der Waals surface area contributed by atoms with Gasteiger partial charge in [0, 0.05) is 49.3 Å². The van der Waals surface area contributed by atoms with Crippen molar-refractivity contribution >= 4 is 65.6 Å². The number of benzene rings is 7. The third-order valence-corrected chi connectivity index (χ3v) is 10.1. The summed E-state index contributed by atoms with van der Waals surface area (Å²) in [5, 5.41) is 7.04. The summed E-state index contributed by atoms with van der Waals surface area (Å²) < 4.78 is 13.3. The third-order valence-electron chi connectivity index (χ3n) is 10.1. The molecule has 7 aromatic carbocycles. The lowest BCUT2D eigenvalue weighted by atomic mass is 10.1. The van der Waals surface area contributed by atoms with Gasteiger partial charge >= 0.3 is 0 Å². The Balaban J connectivity index is 1.14. The van der Waals surface area contributed by atoms with Gasteiger partial charge in [0.15, 0.2) is 5.82 Å². The Morgan fingerprint density at radius 2 is 0.900 bits per heavy atom. The summed E-state index contributed by atoms with van der Waals surface area (Å²) in [5.41, 5.74) is 9.50. The van der Waals surface area contributed by atoms with Crippen molar-refractivity contribution in [2.75, 3.05) is 0 Å². The molecule has 0 saturated heterocycles. The first-order valence-corrected chi connectivity index (χ1v) is 16.9. The Hall–Kier alpha value is -6.85. The van der Waals surface area contributed by atoms with Crippen molar-refractivity contribution in [2.24, 2.45) is 0 Å².